The molecule has 0 aliphatic rings. The van der Waals surface area contributed by atoms with E-state index in [4.69, 9.17) is 0 Å². The lowest BCUT2D eigenvalue weighted by molar-refractivity contribution is 0.472. The van der Waals surface area contributed by atoms with Gasteiger partial charge in [0.2, 0.25) is 0 Å². The number of fused-ring (bicyclic) bond motifs is 2. The predicted molar refractivity (Wildman–Crippen MR) is 134 cm³/mol. The highest BCUT2D eigenvalue weighted by Gasteiger charge is 2.26. The van der Waals surface area contributed by atoms with Crippen molar-refractivity contribution in [1.29, 1.82) is 0 Å². The molecule has 5 N–H and O–H groups in total. The fourth-order valence-electron chi connectivity index (χ4n) is 4.00. The summed E-state index contributed by atoms with van der Waals surface area (Å²) >= 11 is 0. The number of phenols is 2. The van der Waals surface area contributed by atoms with E-state index < -0.39 is 73.0 Å². The second-order valence-corrected chi connectivity index (χ2v) is 12.5. The molecule has 0 atom stereocenters. The summed E-state index contributed by atoms with van der Waals surface area (Å²) in [6.07, 6.45) is 0. The summed E-state index contributed by atoms with van der Waals surface area (Å²) in [7, 11) is -14.7. The third kappa shape index (κ3) is 4.92. The number of aryl methyl sites for hydroxylation is 2. The van der Waals surface area contributed by atoms with Crippen LogP contribution in [0.4, 0.5) is 11.4 Å². The van der Waals surface area contributed by atoms with Gasteiger partial charge in [-0.3, -0.25) is 13.7 Å². The van der Waals surface area contributed by atoms with Crippen molar-refractivity contribution >= 4 is 63.3 Å². The quantitative estimate of drug-likeness (QED) is 0.165. The molecule has 0 aromatic heterocycles. The summed E-state index contributed by atoms with van der Waals surface area (Å²) in [5, 5.41) is 28.2. The molecule has 0 saturated heterocycles. The molecule has 0 fully saturated rings. The maximum absolute atomic E-state index is 12.1. The van der Waals surface area contributed by atoms with Crippen LogP contribution in [0.1, 0.15) is 11.1 Å². The molecule has 4 aromatic rings. The van der Waals surface area contributed by atoms with E-state index in [1.807, 2.05) is 0 Å². The first-order valence-corrected chi connectivity index (χ1v) is 14.6. The monoisotopic (exact) mass is 582 g/mol. The van der Waals surface area contributed by atoms with Gasteiger partial charge in [0.05, 0.1) is 4.90 Å². The lowest BCUT2D eigenvalue weighted by Gasteiger charge is -2.13. The number of hydrogen-bond acceptors (Lipinski definition) is 10. The van der Waals surface area contributed by atoms with Crippen molar-refractivity contribution in [2.24, 2.45) is 10.2 Å². The maximum atomic E-state index is 12.1. The van der Waals surface area contributed by atoms with Crippen LogP contribution in [-0.4, -0.2) is 49.1 Å². The molecule has 0 aliphatic heterocycles. The van der Waals surface area contributed by atoms with Crippen molar-refractivity contribution in [3.8, 4) is 11.5 Å². The highest BCUT2D eigenvalue weighted by molar-refractivity contribution is 7.86. The molecule has 200 valence electrons. The van der Waals surface area contributed by atoms with E-state index in [2.05, 4.69) is 10.2 Å². The topological polar surface area (TPSA) is 228 Å². The van der Waals surface area contributed by atoms with E-state index >= 15 is 0 Å². The number of benzene rings is 4. The second kappa shape index (κ2) is 8.97. The van der Waals surface area contributed by atoms with Crippen LogP contribution in [0.5, 0.6) is 11.5 Å². The van der Waals surface area contributed by atoms with Crippen LogP contribution in [-0.2, 0) is 30.4 Å². The number of hydrogen-bond donors (Lipinski definition) is 5. The van der Waals surface area contributed by atoms with Gasteiger partial charge in [-0.1, -0.05) is 6.07 Å². The highest BCUT2D eigenvalue weighted by atomic mass is 32.2. The average Bonchev–Trinajstić information content (AvgIpc) is 2.77. The summed E-state index contributed by atoms with van der Waals surface area (Å²) in [5.41, 5.74) is -0.357. The first-order chi connectivity index (χ1) is 17.4. The van der Waals surface area contributed by atoms with Gasteiger partial charge in [-0.25, -0.2) is 0 Å². The number of aromatic hydroxyl groups is 2. The van der Waals surface area contributed by atoms with Gasteiger partial charge in [-0.05, 0) is 66.8 Å². The number of rotatable bonds is 5. The van der Waals surface area contributed by atoms with E-state index in [0.29, 0.717) is 17.0 Å². The van der Waals surface area contributed by atoms with Crippen LogP contribution in [0.15, 0.2) is 67.4 Å². The molecule has 0 unspecified atom stereocenters. The number of nitrogens with zero attached hydrogens (tertiary/aromatic N) is 2. The molecule has 4 aromatic carbocycles. The average molecular weight is 583 g/mol. The molecule has 0 bridgehead atoms. The molecule has 13 nitrogen and oxygen atoms in total. The fraction of sp³-hybridized carbons (Fsp3) is 0.0909. The van der Waals surface area contributed by atoms with Crippen LogP contribution >= 0.6 is 0 Å². The van der Waals surface area contributed by atoms with Gasteiger partial charge in [0, 0.05) is 16.2 Å². The zero-order chi connectivity index (χ0) is 28.4. The van der Waals surface area contributed by atoms with Crippen molar-refractivity contribution < 1.29 is 49.1 Å². The summed E-state index contributed by atoms with van der Waals surface area (Å²) in [6.45, 7) is 2.99. The largest absolute Gasteiger partial charge is 0.506 e. The van der Waals surface area contributed by atoms with Crippen LogP contribution < -0.4 is 0 Å². The Kier molecular flexibility index (Phi) is 6.46. The van der Waals surface area contributed by atoms with E-state index in [-0.39, 0.29) is 16.6 Å². The van der Waals surface area contributed by atoms with Crippen molar-refractivity contribution in [3.63, 3.8) is 0 Å². The summed E-state index contributed by atoms with van der Waals surface area (Å²) in [4.78, 5) is -2.25. The molecule has 16 heteroatoms. The molecule has 0 heterocycles. The Morgan fingerprint density at radius 2 is 1.29 bits per heavy atom. The van der Waals surface area contributed by atoms with Crippen LogP contribution in [0.2, 0.25) is 0 Å². The zero-order valence-electron chi connectivity index (χ0n) is 19.3. The third-order valence-electron chi connectivity index (χ3n) is 5.64. The minimum atomic E-state index is -5.03. The van der Waals surface area contributed by atoms with Gasteiger partial charge in [-0.2, -0.15) is 25.3 Å². The molecule has 0 spiro atoms. The van der Waals surface area contributed by atoms with Crippen molar-refractivity contribution in [2.75, 3.05) is 0 Å². The first-order valence-electron chi connectivity index (χ1n) is 10.3. The Morgan fingerprint density at radius 1 is 0.658 bits per heavy atom. The van der Waals surface area contributed by atoms with Crippen molar-refractivity contribution in [1.82, 2.24) is 0 Å². The normalized spacial score (nSPS) is 13.1. The summed E-state index contributed by atoms with van der Waals surface area (Å²) in [6, 6.07) is 7.56. The Hall–Kier alpha value is -3.67. The first kappa shape index (κ1) is 27.4. The van der Waals surface area contributed by atoms with Crippen molar-refractivity contribution in [2.45, 2.75) is 28.5 Å². The van der Waals surface area contributed by atoms with Crippen LogP contribution in [0.25, 0.3) is 21.5 Å². The molecule has 0 aliphatic carbocycles. The molecule has 0 saturated carbocycles. The number of azo groups is 1. The number of phenolic OH excluding ortho intramolecular Hbond substituents is 2. The van der Waals surface area contributed by atoms with Gasteiger partial charge < -0.3 is 10.2 Å². The molecule has 0 radical (unpaired) electrons. The predicted octanol–water partition coefficient (Wildman–Crippen LogP) is 4.18. The minimum absolute atomic E-state index is 0.00547. The van der Waals surface area contributed by atoms with E-state index in [0.717, 1.165) is 24.3 Å². The molecule has 0 amide bonds. The second-order valence-electron chi connectivity index (χ2n) is 8.32. The molecule has 38 heavy (non-hydrogen) atoms. The molecular weight excluding hydrogens is 564 g/mol. The summed E-state index contributed by atoms with van der Waals surface area (Å²) < 4.78 is 100. The van der Waals surface area contributed by atoms with Gasteiger partial charge >= 0.3 is 0 Å². The van der Waals surface area contributed by atoms with Gasteiger partial charge in [0.15, 0.2) is 5.75 Å². The standard InChI is InChI=1S/C22H18N2O11S3/c1-10-5-15-18(37(30,31)32)9-16(22(26)20(15)19(6-10)38(33,34)35)23-24-21-14-8-12(36(27,28)29)3-4-13(14)11(2)7-17(21)25/h3-9,25-26H,1-2H3,(H,27,28,29)(H,30,31,32)(H,33,34,35). The SMILES string of the molecule is Cc1cc(S(=O)(=O)O)c2c(O)c(N=Nc3c(O)cc(C)c4ccc(S(=O)(=O)O)cc34)cc(S(=O)(=O)O)c2c1. The lowest BCUT2D eigenvalue weighted by Crippen LogP contribution is -2.04. The third-order valence-corrected chi connectivity index (χ3v) is 8.26. The van der Waals surface area contributed by atoms with Gasteiger partial charge in [-0.15, -0.1) is 10.2 Å². The van der Waals surface area contributed by atoms with Crippen molar-refractivity contribution in [3.05, 3.63) is 53.6 Å². The Bertz CT molecular complexity index is 2040. The Morgan fingerprint density at radius 3 is 1.87 bits per heavy atom. The smallest absolute Gasteiger partial charge is 0.295 e. The lowest BCUT2D eigenvalue weighted by atomic mass is 10.0. The van der Waals surface area contributed by atoms with E-state index in [1.165, 1.54) is 19.1 Å². The molecule has 4 rings (SSSR count). The summed E-state index contributed by atoms with van der Waals surface area (Å²) in [5.74, 6) is -1.44. The molecular formula is C22H18N2O11S3. The van der Waals surface area contributed by atoms with E-state index in [9.17, 15) is 49.1 Å². The van der Waals surface area contributed by atoms with E-state index in [1.54, 1.807) is 6.92 Å². The minimum Gasteiger partial charge on any atom is -0.506 e. The van der Waals surface area contributed by atoms with Gasteiger partial charge in [0.25, 0.3) is 30.4 Å². The van der Waals surface area contributed by atoms with Crippen LogP contribution in [0, 0.1) is 13.8 Å². The van der Waals surface area contributed by atoms with Crippen LogP contribution in [0.3, 0.4) is 0 Å². The highest BCUT2D eigenvalue weighted by Crippen LogP contribution is 2.45. The maximum Gasteiger partial charge on any atom is 0.295 e. The fourth-order valence-corrected chi connectivity index (χ4v) is 6.01. The zero-order valence-corrected chi connectivity index (χ0v) is 21.8. The Balaban J connectivity index is 2.09. The van der Waals surface area contributed by atoms with Gasteiger partial charge in [0.1, 0.15) is 26.9 Å². The Labute approximate surface area is 216 Å².